The van der Waals surface area contributed by atoms with Gasteiger partial charge >= 0.3 is 5.97 Å². The average molecular weight is 225 g/mol. The summed E-state index contributed by atoms with van der Waals surface area (Å²) in [5.74, 6) is -0.0715. The molecule has 0 aliphatic rings. The van der Waals surface area contributed by atoms with E-state index in [4.69, 9.17) is 25.8 Å². The van der Waals surface area contributed by atoms with E-state index < -0.39 is 0 Å². The minimum atomic E-state index is -0.340. The molecular formula is C9H17ClO4. The van der Waals surface area contributed by atoms with Gasteiger partial charge in [0.2, 0.25) is 0 Å². The van der Waals surface area contributed by atoms with Gasteiger partial charge in [0.05, 0.1) is 5.88 Å². The highest BCUT2D eigenvalue weighted by atomic mass is 35.5. The summed E-state index contributed by atoms with van der Waals surface area (Å²) >= 11 is 5.62. The van der Waals surface area contributed by atoms with Crippen molar-refractivity contribution in [3.63, 3.8) is 0 Å². The summed E-state index contributed by atoms with van der Waals surface area (Å²) in [6.45, 7) is 5.73. The van der Waals surface area contributed by atoms with Gasteiger partial charge < -0.3 is 14.2 Å². The van der Waals surface area contributed by atoms with E-state index in [1.54, 1.807) is 6.92 Å². The van der Waals surface area contributed by atoms with E-state index in [1.165, 1.54) is 6.92 Å². The van der Waals surface area contributed by atoms with Gasteiger partial charge in [0.25, 0.3) is 0 Å². The van der Waals surface area contributed by atoms with Gasteiger partial charge in [-0.2, -0.15) is 0 Å². The molecule has 0 heterocycles. The number of rotatable bonds is 7. The molecule has 0 saturated heterocycles. The molecule has 0 N–H and O–H groups in total. The standard InChI is InChI=1S/C9H17ClO4/c1-4-12-8(3)14-9(5-10)6-13-7(2)11/h8-9H,4-6H2,1-3H3. The number of carbonyl (C=O) groups excluding carboxylic acids is 1. The van der Waals surface area contributed by atoms with Crippen LogP contribution in [-0.4, -0.2) is 37.5 Å². The van der Waals surface area contributed by atoms with Gasteiger partial charge in [-0.1, -0.05) is 0 Å². The molecular weight excluding hydrogens is 208 g/mol. The topological polar surface area (TPSA) is 44.8 Å². The fraction of sp³-hybridized carbons (Fsp3) is 0.889. The minimum absolute atomic E-state index is 0.163. The van der Waals surface area contributed by atoms with Crippen LogP contribution in [0.1, 0.15) is 20.8 Å². The molecule has 0 saturated carbocycles. The Hall–Kier alpha value is -0.320. The molecule has 0 aliphatic carbocycles. The molecule has 0 radical (unpaired) electrons. The van der Waals surface area contributed by atoms with Crippen molar-refractivity contribution in [3.8, 4) is 0 Å². The van der Waals surface area contributed by atoms with Crippen molar-refractivity contribution >= 4 is 17.6 Å². The molecule has 5 heteroatoms. The SMILES string of the molecule is CCOC(C)OC(CCl)COC(C)=O. The molecule has 2 unspecified atom stereocenters. The molecule has 2 atom stereocenters. The Bertz CT molecular complexity index is 163. The highest BCUT2D eigenvalue weighted by molar-refractivity contribution is 6.18. The second kappa shape index (κ2) is 8.03. The zero-order valence-electron chi connectivity index (χ0n) is 8.79. The number of hydrogen-bond donors (Lipinski definition) is 0. The minimum Gasteiger partial charge on any atom is -0.463 e. The van der Waals surface area contributed by atoms with E-state index in [0.717, 1.165) is 0 Å². The van der Waals surface area contributed by atoms with Crippen LogP contribution in [0.15, 0.2) is 0 Å². The molecule has 0 bridgehead atoms. The lowest BCUT2D eigenvalue weighted by molar-refractivity contribution is -0.171. The highest BCUT2D eigenvalue weighted by Gasteiger charge is 2.13. The fourth-order valence-electron chi connectivity index (χ4n) is 0.876. The monoisotopic (exact) mass is 224 g/mol. The van der Waals surface area contributed by atoms with Crippen molar-refractivity contribution < 1.29 is 19.0 Å². The molecule has 0 fully saturated rings. The third-order valence-corrected chi connectivity index (χ3v) is 1.77. The van der Waals surface area contributed by atoms with Gasteiger partial charge in [-0.05, 0) is 13.8 Å². The Morgan fingerprint density at radius 3 is 2.57 bits per heavy atom. The Morgan fingerprint density at radius 1 is 1.50 bits per heavy atom. The first-order valence-corrected chi connectivity index (χ1v) is 5.10. The third kappa shape index (κ3) is 7.12. The molecule has 14 heavy (non-hydrogen) atoms. The lowest BCUT2D eigenvalue weighted by Gasteiger charge is -2.19. The molecule has 0 spiro atoms. The second-order valence-electron chi connectivity index (χ2n) is 2.74. The maximum atomic E-state index is 10.5. The van der Waals surface area contributed by atoms with Gasteiger partial charge in [-0.3, -0.25) is 4.79 Å². The van der Waals surface area contributed by atoms with E-state index >= 15 is 0 Å². The van der Waals surface area contributed by atoms with E-state index in [2.05, 4.69) is 0 Å². The molecule has 0 amide bonds. The predicted molar refractivity (Wildman–Crippen MR) is 53.3 cm³/mol. The van der Waals surface area contributed by atoms with Crippen LogP contribution >= 0.6 is 11.6 Å². The lowest BCUT2D eigenvalue weighted by atomic mass is 10.4. The predicted octanol–water partition coefficient (Wildman–Crippen LogP) is 1.56. The first-order valence-electron chi connectivity index (χ1n) is 4.56. The van der Waals surface area contributed by atoms with E-state index in [0.29, 0.717) is 6.61 Å². The molecule has 0 aromatic carbocycles. The number of ether oxygens (including phenoxy) is 3. The maximum Gasteiger partial charge on any atom is 0.302 e. The number of esters is 1. The highest BCUT2D eigenvalue weighted by Crippen LogP contribution is 2.03. The van der Waals surface area contributed by atoms with Crippen LogP contribution in [0.3, 0.4) is 0 Å². The van der Waals surface area contributed by atoms with Crippen molar-refractivity contribution in [2.45, 2.75) is 33.2 Å². The van der Waals surface area contributed by atoms with Gasteiger partial charge in [-0.15, -0.1) is 11.6 Å². The molecule has 84 valence electrons. The Kier molecular flexibility index (Phi) is 7.84. The Balaban J connectivity index is 3.71. The van der Waals surface area contributed by atoms with Crippen LogP contribution in [0.2, 0.25) is 0 Å². The van der Waals surface area contributed by atoms with Crippen LogP contribution in [0.4, 0.5) is 0 Å². The maximum absolute atomic E-state index is 10.5. The van der Waals surface area contributed by atoms with Crippen LogP contribution in [-0.2, 0) is 19.0 Å². The van der Waals surface area contributed by atoms with Gasteiger partial charge in [0.15, 0.2) is 6.29 Å². The van der Waals surface area contributed by atoms with Crippen molar-refractivity contribution in [3.05, 3.63) is 0 Å². The quantitative estimate of drug-likeness (QED) is 0.374. The zero-order chi connectivity index (χ0) is 11.0. The van der Waals surface area contributed by atoms with Gasteiger partial charge in [0, 0.05) is 13.5 Å². The van der Waals surface area contributed by atoms with Crippen LogP contribution in [0.5, 0.6) is 0 Å². The second-order valence-corrected chi connectivity index (χ2v) is 3.05. The average Bonchev–Trinajstić information content (AvgIpc) is 2.12. The van der Waals surface area contributed by atoms with E-state index in [-0.39, 0.29) is 30.9 Å². The molecule has 4 nitrogen and oxygen atoms in total. The normalized spacial score (nSPS) is 14.9. The summed E-state index contributed by atoms with van der Waals surface area (Å²) in [5, 5.41) is 0. The third-order valence-electron chi connectivity index (χ3n) is 1.43. The molecule has 0 rings (SSSR count). The smallest absolute Gasteiger partial charge is 0.302 e. The number of carbonyl (C=O) groups is 1. The first kappa shape index (κ1) is 13.7. The summed E-state index contributed by atoms with van der Waals surface area (Å²) < 4.78 is 15.3. The summed E-state index contributed by atoms with van der Waals surface area (Å²) in [4.78, 5) is 10.5. The first-order chi connectivity index (χ1) is 6.60. The Labute approximate surface area is 89.5 Å². The van der Waals surface area contributed by atoms with Crippen LogP contribution < -0.4 is 0 Å². The fourth-order valence-corrected chi connectivity index (χ4v) is 1.04. The van der Waals surface area contributed by atoms with Crippen LogP contribution in [0.25, 0.3) is 0 Å². The lowest BCUT2D eigenvalue weighted by Crippen LogP contribution is -2.28. The van der Waals surface area contributed by atoms with Crippen LogP contribution in [0, 0.1) is 0 Å². The zero-order valence-corrected chi connectivity index (χ0v) is 9.54. The molecule has 0 aromatic rings. The summed E-state index contributed by atoms with van der Waals surface area (Å²) in [6.07, 6.45) is -0.651. The number of alkyl halides is 1. The molecule has 0 aromatic heterocycles. The van der Waals surface area contributed by atoms with Crippen molar-refractivity contribution in [1.29, 1.82) is 0 Å². The Morgan fingerprint density at radius 2 is 2.14 bits per heavy atom. The van der Waals surface area contributed by atoms with E-state index in [9.17, 15) is 4.79 Å². The summed E-state index contributed by atoms with van der Waals surface area (Å²) in [6, 6.07) is 0. The number of hydrogen-bond acceptors (Lipinski definition) is 4. The van der Waals surface area contributed by atoms with E-state index in [1.807, 2.05) is 6.92 Å². The van der Waals surface area contributed by atoms with Crippen molar-refractivity contribution in [2.75, 3.05) is 19.1 Å². The van der Waals surface area contributed by atoms with Crippen molar-refractivity contribution in [2.24, 2.45) is 0 Å². The summed E-state index contributed by atoms with van der Waals surface area (Å²) in [5.41, 5.74) is 0. The summed E-state index contributed by atoms with van der Waals surface area (Å²) in [7, 11) is 0. The molecule has 0 aliphatic heterocycles. The number of halogens is 1. The largest absolute Gasteiger partial charge is 0.463 e. The van der Waals surface area contributed by atoms with Gasteiger partial charge in [-0.25, -0.2) is 0 Å². The van der Waals surface area contributed by atoms with Gasteiger partial charge in [0.1, 0.15) is 12.7 Å². The van der Waals surface area contributed by atoms with Crippen molar-refractivity contribution in [1.82, 2.24) is 0 Å².